The summed E-state index contributed by atoms with van der Waals surface area (Å²) in [5, 5.41) is 0. The fourth-order valence-corrected chi connectivity index (χ4v) is 2.12. The number of nitrogens with two attached hydrogens (primary N) is 1. The van der Waals surface area contributed by atoms with E-state index in [1.54, 1.807) is 14.2 Å². The first kappa shape index (κ1) is 17.6. The lowest BCUT2D eigenvalue weighted by Crippen LogP contribution is -2.35. The Morgan fingerprint density at radius 2 is 1.62 bits per heavy atom. The van der Waals surface area contributed by atoms with Crippen LogP contribution in [0.15, 0.2) is 12.1 Å². The number of rotatable bonds is 7. The van der Waals surface area contributed by atoms with Gasteiger partial charge in [-0.25, -0.2) is 0 Å². The number of ether oxygens (including phenoxy) is 3. The molecule has 1 rings (SSSR count). The maximum Gasteiger partial charge on any atom is 0.203 e. The molecule has 4 heteroatoms. The van der Waals surface area contributed by atoms with Gasteiger partial charge in [0.05, 0.1) is 20.8 Å². The van der Waals surface area contributed by atoms with E-state index in [0.717, 1.165) is 18.4 Å². The summed E-state index contributed by atoms with van der Waals surface area (Å²) in [5.41, 5.74) is 7.49. The molecule has 1 atom stereocenters. The maximum absolute atomic E-state index is 6.23. The van der Waals surface area contributed by atoms with Crippen molar-refractivity contribution in [2.45, 2.75) is 46.6 Å². The average molecular weight is 295 g/mol. The largest absolute Gasteiger partial charge is 0.493 e. The molecule has 4 nitrogen and oxygen atoms in total. The van der Waals surface area contributed by atoms with E-state index in [1.165, 1.54) is 0 Å². The second kappa shape index (κ2) is 7.55. The maximum atomic E-state index is 6.23. The van der Waals surface area contributed by atoms with Crippen molar-refractivity contribution in [1.82, 2.24) is 0 Å². The van der Waals surface area contributed by atoms with Gasteiger partial charge in [0, 0.05) is 6.04 Å². The summed E-state index contributed by atoms with van der Waals surface area (Å²) in [5.74, 6) is 2.07. The van der Waals surface area contributed by atoms with Crippen LogP contribution in [0.5, 0.6) is 17.2 Å². The van der Waals surface area contributed by atoms with Crippen molar-refractivity contribution in [3.63, 3.8) is 0 Å². The molecule has 1 unspecified atom stereocenters. The summed E-state index contributed by atoms with van der Waals surface area (Å²) in [7, 11) is 3.28. The SMILES string of the molecule is CCOc1c(OC)cc(CCC(N)C(C)(C)C)cc1OC. The highest BCUT2D eigenvalue weighted by Crippen LogP contribution is 2.39. The Morgan fingerprint density at radius 1 is 1.10 bits per heavy atom. The zero-order valence-electron chi connectivity index (χ0n) is 14.2. The third kappa shape index (κ3) is 4.81. The van der Waals surface area contributed by atoms with Crippen LogP contribution in [0, 0.1) is 5.41 Å². The Kier molecular flexibility index (Phi) is 6.34. The number of methoxy groups -OCH3 is 2. The van der Waals surface area contributed by atoms with E-state index in [2.05, 4.69) is 20.8 Å². The van der Waals surface area contributed by atoms with Crippen LogP contribution < -0.4 is 19.9 Å². The minimum Gasteiger partial charge on any atom is -0.493 e. The molecule has 0 fully saturated rings. The first-order chi connectivity index (χ1) is 9.83. The van der Waals surface area contributed by atoms with E-state index in [0.29, 0.717) is 23.9 Å². The van der Waals surface area contributed by atoms with Crippen molar-refractivity contribution in [1.29, 1.82) is 0 Å². The van der Waals surface area contributed by atoms with Crippen molar-refractivity contribution in [3.05, 3.63) is 17.7 Å². The zero-order valence-corrected chi connectivity index (χ0v) is 14.2. The van der Waals surface area contributed by atoms with Gasteiger partial charge in [-0.3, -0.25) is 0 Å². The Morgan fingerprint density at radius 3 is 2.00 bits per heavy atom. The second-order valence-electron chi connectivity index (χ2n) is 6.27. The molecule has 1 aromatic carbocycles. The van der Waals surface area contributed by atoms with Crippen LogP contribution in [0.4, 0.5) is 0 Å². The van der Waals surface area contributed by atoms with Crippen molar-refractivity contribution in [3.8, 4) is 17.2 Å². The first-order valence-electron chi connectivity index (χ1n) is 7.46. The summed E-state index contributed by atoms with van der Waals surface area (Å²) in [6.45, 7) is 9.00. The van der Waals surface area contributed by atoms with Crippen LogP contribution in [0.1, 0.15) is 39.7 Å². The average Bonchev–Trinajstić information content (AvgIpc) is 2.44. The molecule has 0 spiro atoms. The monoisotopic (exact) mass is 295 g/mol. The molecule has 0 aromatic heterocycles. The lowest BCUT2D eigenvalue weighted by Gasteiger charge is -2.27. The van der Waals surface area contributed by atoms with Crippen LogP contribution in [-0.2, 0) is 6.42 Å². The molecule has 0 saturated heterocycles. The van der Waals surface area contributed by atoms with Crippen molar-refractivity contribution < 1.29 is 14.2 Å². The summed E-state index contributed by atoms with van der Waals surface area (Å²) >= 11 is 0. The molecular formula is C17H29NO3. The minimum absolute atomic E-state index is 0.111. The molecule has 1 aromatic rings. The Balaban J connectivity index is 2.94. The molecule has 0 heterocycles. The molecule has 0 amide bonds. The number of hydrogen-bond donors (Lipinski definition) is 1. The lowest BCUT2D eigenvalue weighted by atomic mass is 9.84. The summed E-state index contributed by atoms with van der Waals surface area (Å²) in [6, 6.07) is 4.16. The third-order valence-corrected chi connectivity index (χ3v) is 3.67. The molecule has 0 radical (unpaired) electrons. The second-order valence-corrected chi connectivity index (χ2v) is 6.27. The van der Waals surface area contributed by atoms with Crippen LogP contribution in [0.25, 0.3) is 0 Å². The van der Waals surface area contributed by atoms with E-state index < -0.39 is 0 Å². The van der Waals surface area contributed by atoms with E-state index in [9.17, 15) is 0 Å². The van der Waals surface area contributed by atoms with Gasteiger partial charge in [-0.2, -0.15) is 0 Å². The highest BCUT2D eigenvalue weighted by Gasteiger charge is 2.21. The molecule has 0 aliphatic heterocycles. The minimum atomic E-state index is 0.111. The van der Waals surface area contributed by atoms with Crippen LogP contribution in [0.2, 0.25) is 0 Å². The van der Waals surface area contributed by atoms with Gasteiger partial charge in [0.2, 0.25) is 5.75 Å². The Bertz CT molecular complexity index is 427. The third-order valence-electron chi connectivity index (χ3n) is 3.67. The van der Waals surface area contributed by atoms with E-state index >= 15 is 0 Å². The Hall–Kier alpha value is -1.42. The quantitative estimate of drug-likeness (QED) is 0.837. The topological polar surface area (TPSA) is 53.7 Å². The van der Waals surface area contributed by atoms with Gasteiger partial charge >= 0.3 is 0 Å². The summed E-state index contributed by atoms with van der Waals surface area (Å²) < 4.78 is 16.4. The summed E-state index contributed by atoms with van der Waals surface area (Å²) in [4.78, 5) is 0. The number of hydrogen-bond acceptors (Lipinski definition) is 4. The molecule has 0 saturated carbocycles. The molecule has 2 N–H and O–H groups in total. The van der Waals surface area contributed by atoms with Gasteiger partial charge in [0.15, 0.2) is 11.5 Å². The van der Waals surface area contributed by atoms with Crippen molar-refractivity contribution in [2.75, 3.05) is 20.8 Å². The first-order valence-corrected chi connectivity index (χ1v) is 7.46. The van der Waals surface area contributed by atoms with Gasteiger partial charge in [-0.15, -0.1) is 0 Å². The normalized spacial score (nSPS) is 12.9. The van der Waals surface area contributed by atoms with Gasteiger partial charge in [0.1, 0.15) is 0 Å². The molecule has 21 heavy (non-hydrogen) atoms. The van der Waals surface area contributed by atoms with Gasteiger partial charge in [0.25, 0.3) is 0 Å². The van der Waals surface area contributed by atoms with Crippen LogP contribution >= 0.6 is 0 Å². The van der Waals surface area contributed by atoms with Gasteiger partial charge < -0.3 is 19.9 Å². The van der Waals surface area contributed by atoms with Crippen molar-refractivity contribution in [2.24, 2.45) is 11.1 Å². The van der Waals surface area contributed by atoms with E-state index in [1.807, 2.05) is 19.1 Å². The highest BCUT2D eigenvalue weighted by molar-refractivity contribution is 5.53. The Labute approximate surface area is 128 Å². The fourth-order valence-electron chi connectivity index (χ4n) is 2.12. The van der Waals surface area contributed by atoms with Gasteiger partial charge in [-0.1, -0.05) is 20.8 Å². The fraction of sp³-hybridized carbons (Fsp3) is 0.647. The summed E-state index contributed by atoms with van der Waals surface area (Å²) in [6.07, 6.45) is 1.81. The predicted octanol–water partition coefficient (Wildman–Crippen LogP) is 3.41. The molecule has 0 bridgehead atoms. The highest BCUT2D eigenvalue weighted by atomic mass is 16.5. The van der Waals surface area contributed by atoms with Gasteiger partial charge in [-0.05, 0) is 42.9 Å². The molecular weight excluding hydrogens is 266 g/mol. The molecule has 120 valence electrons. The van der Waals surface area contributed by atoms with Crippen LogP contribution in [0.3, 0.4) is 0 Å². The predicted molar refractivity (Wildman–Crippen MR) is 86.5 cm³/mol. The van der Waals surface area contributed by atoms with E-state index in [4.69, 9.17) is 19.9 Å². The standard InChI is InChI=1S/C17H29NO3/c1-7-21-16-13(19-5)10-12(11-14(16)20-6)8-9-15(18)17(2,3)4/h10-11,15H,7-9,18H2,1-6H3. The van der Waals surface area contributed by atoms with Crippen molar-refractivity contribution >= 4 is 0 Å². The van der Waals surface area contributed by atoms with Crippen LogP contribution in [-0.4, -0.2) is 26.9 Å². The number of aryl methyl sites for hydroxylation is 1. The zero-order chi connectivity index (χ0) is 16.0. The smallest absolute Gasteiger partial charge is 0.203 e. The lowest BCUT2D eigenvalue weighted by molar-refractivity contribution is 0.287. The molecule has 0 aliphatic rings. The van der Waals surface area contributed by atoms with E-state index in [-0.39, 0.29) is 11.5 Å². The molecule has 0 aliphatic carbocycles. The number of benzene rings is 1.